The van der Waals surface area contributed by atoms with Crippen molar-refractivity contribution >= 4 is 0 Å². The first-order chi connectivity index (χ1) is 4.22. The molecule has 0 amide bonds. The molecule has 9 heavy (non-hydrogen) atoms. The Hall–Kier alpha value is -0.980. The minimum Gasteiger partial charge on any atom is -0.355 e. The van der Waals surface area contributed by atoms with Crippen LogP contribution in [0.4, 0.5) is 0 Å². The number of hydrogen-bond acceptors (Lipinski definition) is 1. The van der Waals surface area contributed by atoms with Crippen molar-refractivity contribution in [1.29, 1.82) is 0 Å². The molecule has 1 nitrogen and oxygen atoms in total. The van der Waals surface area contributed by atoms with Crippen LogP contribution in [0.3, 0.4) is 0 Å². The summed E-state index contributed by atoms with van der Waals surface area (Å²) in [6.07, 6.45) is 5.45. The molecule has 0 aliphatic carbocycles. The third-order valence-electron chi connectivity index (χ3n) is 1.19. The van der Waals surface area contributed by atoms with Crippen molar-refractivity contribution < 1.29 is 0 Å². The molecule has 0 unspecified atom stereocenters. The van der Waals surface area contributed by atoms with E-state index in [2.05, 4.69) is 13.2 Å². The number of hydrogen-bond donors (Lipinski definition) is 0. The molecule has 0 aliphatic rings. The second-order valence-electron chi connectivity index (χ2n) is 1.84. The molecule has 0 bridgehead atoms. The van der Waals surface area contributed by atoms with E-state index in [1.807, 2.05) is 24.9 Å². The first-order valence-corrected chi connectivity index (χ1v) is 2.87. The predicted molar refractivity (Wildman–Crippen MR) is 41.9 cm³/mol. The van der Waals surface area contributed by atoms with E-state index in [1.165, 1.54) is 0 Å². The summed E-state index contributed by atoms with van der Waals surface area (Å²) in [4.78, 5) is 1.93. The molecule has 0 aromatic carbocycles. The van der Waals surface area contributed by atoms with Crippen LogP contribution in [0, 0.1) is 0 Å². The first kappa shape index (κ1) is 8.02. The van der Waals surface area contributed by atoms with Gasteiger partial charge in [0, 0.05) is 12.7 Å². The number of nitrogens with zero attached hydrogens (tertiary/aromatic N) is 1. The minimum atomic E-state index is 1.14. The Morgan fingerprint density at radius 3 is 2.33 bits per heavy atom. The molecule has 0 heterocycles. The van der Waals surface area contributed by atoms with Crippen LogP contribution in [0.5, 0.6) is 0 Å². The van der Waals surface area contributed by atoms with Crippen LogP contribution in [0.1, 0.15) is 6.92 Å². The van der Waals surface area contributed by atoms with Crippen molar-refractivity contribution in [3.8, 4) is 0 Å². The van der Waals surface area contributed by atoms with Crippen molar-refractivity contribution in [1.82, 2.24) is 4.90 Å². The highest BCUT2D eigenvalue weighted by Crippen LogP contribution is 1.98. The van der Waals surface area contributed by atoms with E-state index >= 15 is 0 Å². The molecular weight excluding hydrogens is 110 g/mol. The fourth-order valence-corrected chi connectivity index (χ4v) is 0.432. The number of allylic oxidation sites excluding steroid dienone is 3. The molecule has 0 rings (SSSR count). The van der Waals surface area contributed by atoms with E-state index in [0.29, 0.717) is 0 Å². The summed E-state index contributed by atoms with van der Waals surface area (Å²) in [5.41, 5.74) is 1.14. The van der Waals surface area contributed by atoms with Crippen LogP contribution in [0.25, 0.3) is 0 Å². The molecule has 0 aromatic rings. The number of rotatable bonds is 3. The third-order valence-corrected chi connectivity index (χ3v) is 1.19. The topological polar surface area (TPSA) is 3.24 Å². The molecule has 1 heteroatoms. The molecule has 0 spiro atoms. The average molecular weight is 123 g/mol. The van der Waals surface area contributed by atoms with Crippen LogP contribution in [-0.2, 0) is 0 Å². The Kier molecular flexibility index (Phi) is 3.52. The Bertz CT molecular complexity index is 134. The molecule has 50 valence electrons. The van der Waals surface area contributed by atoms with E-state index in [0.717, 1.165) is 5.70 Å². The van der Waals surface area contributed by atoms with Crippen molar-refractivity contribution in [3.63, 3.8) is 0 Å². The highest BCUT2D eigenvalue weighted by Gasteiger charge is 1.87. The summed E-state index contributed by atoms with van der Waals surface area (Å²) in [5.74, 6) is 0. The van der Waals surface area contributed by atoms with Gasteiger partial charge in [0.1, 0.15) is 0 Å². The lowest BCUT2D eigenvalue weighted by Gasteiger charge is -2.12. The fourth-order valence-electron chi connectivity index (χ4n) is 0.432. The summed E-state index contributed by atoms with van der Waals surface area (Å²) in [6.45, 7) is 9.20. The van der Waals surface area contributed by atoms with E-state index in [4.69, 9.17) is 0 Å². The highest BCUT2D eigenvalue weighted by molar-refractivity contribution is 5.08. The van der Waals surface area contributed by atoms with E-state index in [9.17, 15) is 0 Å². The van der Waals surface area contributed by atoms with Gasteiger partial charge in [0.25, 0.3) is 0 Å². The third kappa shape index (κ3) is 2.75. The molecular formula is C8H13N. The van der Waals surface area contributed by atoms with Crippen molar-refractivity contribution in [2.75, 3.05) is 7.05 Å². The van der Waals surface area contributed by atoms with Crippen LogP contribution >= 0.6 is 0 Å². The fraction of sp³-hybridized carbons (Fsp3) is 0.250. The van der Waals surface area contributed by atoms with Gasteiger partial charge in [0.15, 0.2) is 0 Å². The SMILES string of the molecule is C=C/C=C(/C)N(C)C=C. The summed E-state index contributed by atoms with van der Waals surface area (Å²) in [5, 5.41) is 0. The second kappa shape index (κ2) is 3.96. The van der Waals surface area contributed by atoms with Crippen molar-refractivity contribution in [2.24, 2.45) is 0 Å². The molecule has 0 saturated carbocycles. The van der Waals surface area contributed by atoms with Crippen molar-refractivity contribution in [2.45, 2.75) is 6.92 Å². The summed E-state index contributed by atoms with van der Waals surface area (Å²) < 4.78 is 0. The lowest BCUT2D eigenvalue weighted by Crippen LogP contribution is -2.05. The lowest BCUT2D eigenvalue weighted by molar-refractivity contribution is 0.572. The van der Waals surface area contributed by atoms with Gasteiger partial charge in [0.05, 0.1) is 0 Å². The molecule has 0 saturated heterocycles. The first-order valence-electron chi connectivity index (χ1n) is 2.87. The van der Waals surface area contributed by atoms with Gasteiger partial charge < -0.3 is 4.90 Å². The quantitative estimate of drug-likeness (QED) is 0.520. The summed E-state index contributed by atoms with van der Waals surface area (Å²) >= 11 is 0. The van der Waals surface area contributed by atoms with Gasteiger partial charge >= 0.3 is 0 Å². The molecule has 0 fully saturated rings. The van der Waals surface area contributed by atoms with Crippen molar-refractivity contribution in [3.05, 3.63) is 37.2 Å². The Morgan fingerprint density at radius 1 is 1.44 bits per heavy atom. The van der Waals surface area contributed by atoms with Gasteiger partial charge in [-0.25, -0.2) is 0 Å². The van der Waals surface area contributed by atoms with E-state index in [-0.39, 0.29) is 0 Å². The maximum atomic E-state index is 3.61. The Labute approximate surface area is 57.0 Å². The zero-order valence-electron chi connectivity index (χ0n) is 6.09. The Balaban J connectivity index is 3.99. The average Bonchev–Trinajstić information content (AvgIpc) is 1.87. The zero-order chi connectivity index (χ0) is 7.28. The van der Waals surface area contributed by atoms with E-state index in [1.54, 1.807) is 12.3 Å². The molecule has 0 radical (unpaired) electrons. The molecule has 0 aromatic heterocycles. The second-order valence-corrected chi connectivity index (χ2v) is 1.84. The maximum absolute atomic E-state index is 3.61. The van der Waals surface area contributed by atoms with Gasteiger partial charge in [-0.15, -0.1) is 0 Å². The monoisotopic (exact) mass is 123 g/mol. The molecule has 0 aliphatic heterocycles. The van der Waals surface area contributed by atoms with Gasteiger partial charge in [-0.3, -0.25) is 0 Å². The zero-order valence-corrected chi connectivity index (χ0v) is 6.09. The van der Waals surface area contributed by atoms with Gasteiger partial charge in [-0.2, -0.15) is 0 Å². The standard InChI is InChI=1S/C8H13N/c1-5-7-8(3)9(4)6-2/h5-7H,1-2H2,3-4H3/b8-7-. The molecule has 0 N–H and O–H groups in total. The normalized spacial score (nSPS) is 10.7. The van der Waals surface area contributed by atoms with Gasteiger partial charge in [0.2, 0.25) is 0 Å². The minimum absolute atomic E-state index is 1.14. The maximum Gasteiger partial charge on any atom is 0.0139 e. The summed E-state index contributed by atoms with van der Waals surface area (Å²) in [6, 6.07) is 0. The van der Waals surface area contributed by atoms with Crippen LogP contribution < -0.4 is 0 Å². The highest BCUT2D eigenvalue weighted by atomic mass is 15.1. The van der Waals surface area contributed by atoms with E-state index < -0.39 is 0 Å². The lowest BCUT2D eigenvalue weighted by atomic mass is 10.4. The summed E-state index contributed by atoms with van der Waals surface area (Å²) in [7, 11) is 1.95. The van der Waals surface area contributed by atoms with Crippen LogP contribution in [0.15, 0.2) is 37.2 Å². The Morgan fingerprint density at radius 2 is 2.00 bits per heavy atom. The molecule has 0 atom stereocenters. The smallest absolute Gasteiger partial charge is 0.0139 e. The van der Waals surface area contributed by atoms with Crippen LogP contribution in [-0.4, -0.2) is 11.9 Å². The van der Waals surface area contributed by atoms with Gasteiger partial charge in [-0.1, -0.05) is 19.2 Å². The van der Waals surface area contributed by atoms with Crippen LogP contribution in [0.2, 0.25) is 0 Å². The predicted octanol–water partition coefficient (Wildman–Crippen LogP) is 2.15. The largest absolute Gasteiger partial charge is 0.355 e. The van der Waals surface area contributed by atoms with Gasteiger partial charge in [-0.05, 0) is 19.2 Å².